The van der Waals surface area contributed by atoms with Crippen molar-refractivity contribution in [3.05, 3.63) is 77.1 Å². The van der Waals surface area contributed by atoms with Gasteiger partial charge in [-0.25, -0.2) is 4.39 Å². The number of carbonyl (C=O) groups excluding carboxylic acids is 2. The van der Waals surface area contributed by atoms with Gasteiger partial charge in [0, 0.05) is 24.2 Å². The van der Waals surface area contributed by atoms with Crippen molar-refractivity contribution in [3.63, 3.8) is 0 Å². The maximum absolute atomic E-state index is 14.5. The number of hydrogen-bond acceptors (Lipinski definition) is 4. The zero-order chi connectivity index (χ0) is 19.6. The van der Waals surface area contributed by atoms with Crippen LogP contribution >= 0.6 is 0 Å². The molecule has 1 fully saturated rings. The molecular formula is C21H21FN2O3. The maximum Gasteiger partial charge on any atom is 0.295 e. The van der Waals surface area contributed by atoms with E-state index in [0.29, 0.717) is 12.1 Å². The van der Waals surface area contributed by atoms with E-state index in [1.807, 2.05) is 19.0 Å². The highest BCUT2D eigenvalue weighted by Crippen LogP contribution is 2.40. The van der Waals surface area contributed by atoms with E-state index in [2.05, 4.69) is 0 Å². The van der Waals surface area contributed by atoms with E-state index in [9.17, 15) is 19.1 Å². The molecule has 0 unspecified atom stereocenters. The number of aliphatic hydroxyl groups excluding tert-OH is 1. The molecule has 0 bridgehead atoms. The second-order valence-electron chi connectivity index (χ2n) is 6.68. The van der Waals surface area contributed by atoms with Gasteiger partial charge in [0.1, 0.15) is 11.6 Å². The lowest BCUT2D eigenvalue weighted by Crippen LogP contribution is -2.35. The van der Waals surface area contributed by atoms with Crippen molar-refractivity contribution in [2.45, 2.75) is 6.04 Å². The summed E-state index contributed by atoms with van der Waals surface area (Å²) in [6, 6.07) is 13.5. The molecule has 0 radical (unpaired) electrons. The highest BCUT2D eigenvalue weighted by atomic mass is 19.1. The lowest BCUT2D eigenvalue weighted by Gasteiger charge is -2.26. The van der Waals surface area contributed by atoms with Gasteiger partial charge in [-0.15, -0.1) is 0 Å². The molecule has 0 aliphatic carbocycles. The fourth-order valence-corrected chi connectivity index (χ4v) is 3.19. The molecule has 1 saturated heterocycles. The van der Waals surface area contributed by atoms with Gasteiger partial charge in [0.15, 0.2) is 0 Å². The van der Waals surface area contributed by atoms with Crippen molar-refractivity contribution in [3.8, 4) is 0 Å². The third kappa shape index (κ3) is 3.61. The largest absolute Gasteiger partial charge is 0.507 e. The van der Waals surface area contributed by atoms with Crippen LogP contribution in [-0.4, -0.2) is 53.8 Å². The Hall–Kier alpha value is -2.99. The van der Waals surface area contributed by atoms with Gasteiger partial charge in [0.05, 0.1) is 11.6 Å². The molecule has 6 heteroatoms. The Balaban J connectivity index is 2.17. The van der Waals surface area contributed by atoms with Crippen LogP contribution in [0.25, 0.3) is 5.76 Å². The fraction of sp³-hybridized carbons (Fsp3) is 0.238. The molecule has 1 atom stereocenters. The zero-order valence-corrected chi connectivity index (χ0v) is 15.2. The van der Waals surface area contributed by atoms with Crippen LogP contribution in [0, 0.1) is 5.82 Å². The number of ketones is 1. The van der Waals surface area contributed by atoms with Crippen LogP contribution in [0.5, 0.6) is 0 Å². The number of carbonyl (C=O) groups is 2. The Morgan fingerprint density at radius 3 is 2.33 bits per heavy atom. The standard InChI is InChI=1S/C21H21FN2O3/c1-23(2)12-13-24-18(15-10-6-7-11-16(15)22)17(20(26)21(24)27)19(25)14-8-4-3-5-9-14/h3-11,18,25H,12-13H2,1-2H3/b19-17+/t18-/m1/s1. The average Bonchev–Trinajstić information content (AvgIpc) is 2.91. The van der Waals surface area contributed by atoms with Gasteiger partial charge >= 0.3 is 0 Å². The number of rotatable bonds is 5. The molecule has 1 amide bonds. The Morgan fingerprint density at radius 2 is 1.70 bits per heavy atom. The fourth-order valence-electron chi connectivity index (χ4n) is 3.19. The summed E-state index contributed by atoms with van der Waals surface area (Å²) in [6.07, 6.45) is 0. The van der Waals surface area contributed by atoms with Crippen molar-refractivity contribution < 1.29 is 19.1 Å². The molecule has 5 nitrogen and oxygen atoms in total. The van der Waals surface area contributed by atoms with E-state index in [-0.39, 0.29) is 23.4 Å². The molecule has 1 aliphatic rings. The molecule has 27 heavy (non-hydrogen) atoms. The van der Waals surface area contributed by atoms with Gasteiger partial charge in [0.2, 0.25) is 0 Å². The van der Waals surface area contributed by atoms with E-state index < -0.39 is 23.5 Å². The SMILES string of the molecule is CN(C)CCN1C(=O)C(=O)/C(=C(/O)c2ccccc2)[C@H]1c1ccccc1F. The predicted molar refractivity (Wildman–Crippen MR) is 100 cm³/mol. The van der Waals surface area contributed by atoms with Crippen LogP contribution in [-0.2, 0) is 9.59 Å². The summed E-state index contributed by atoms with van der Waals surface area (Å²) < 4.78 is 14.5. The van der Waals surface area contributed by atoms with Crippen LogP contribution in [0.2, 0.25) is 0 Å². The lowest BCUT2D eigenvalue weighted by molar-refractivity contribution is -0.140. The number of aliphatic hydroxyl groups is 1. The monoisotopic (exact) mass is 368 g/mol. The molecule has 140 valence electrons. The second kappa shape index (κ2) is 7.72. The highest BCUT2D eigenvalue weighted by Gasteiger charge is 2.46. The molecule has 1 heterocycles. The third-order valence-corrected chi connectivity index (χ3v) is 4.58. The average molecular weight is 368 g/mol. The van der Waals surface area contributed by atoms with Gasteiger partial charge < -0.3 is 14.9 Å². The summed E-state index contributed by atoms with van der Waals surface area (Å²) in [4.78, 5) is 28.6. The molecule has 1 N–H and O–H groups in total. The molecule has 2 aromatic carbocycles. The van der Waals surface area contributed by atoms with Gasteiger partial charge in [0.25, 0.3) is 11.7 Å². The number of hydrogen-bond donors (Lipinski definition) is 1. The summed E-state index contributed by atoms with van der Waals surface area (Å²) in [5.41, 5.74) is 0.507. The Morgan fingerprint density at radius 1 is 1.07 bits per heavy atom. The van der Waals surface area contributed by atoms with Crippen LogP contribution in [0.15, 0.2) is 60.2 Å². The minimum absolute atomic E-state index is 0.0879. The molecule has 0 aromatic heterocycles. The minimum atomic E-state index is -0.966. The molecule has 0 saturated carbocycles. The number of Topliss-reactive ketones (excluding diaryl/α,β-unsaturated/α-hetero) is 1. The lowest BCUT2D eigenvalue weighted by atomic mass is 9.95. The first-order chi connectivity index (χ1) is 12.9. The first-order valence-corrected chi connectivity index (χ1v) is 8.64. The zero-order valence-electron chi connectivity index (χ0n) is 15.2. The van der Waals surface area contributed by atoms with Crippen LogP contribution < -0.4 is 0 Å². The normalized spacial score (nSPS) is 19.1. The molecule has 2 aromatic rings. The van der Waals surface area contributed by atoms with Crippen molar-refractivity contribution in [1.29, 1.82) is 0 Å². The van der Waals surface area contributed by atoms with Crippen molar-refractivity contribution in [2.75, 3.05) is 27.2 Å². The maximum atomic E-state index is 14.5. The Labute approximate surface area is 157 Å². The quantitative estimate of drug-likeness (QED) is 0.501. The van der Waals surface area contributed by atoms with E-state index in [1.165, 1.54) is 17.0 Å². The van der Waals surface area contributed by atoms with Gasteiger partial charge in [-0.05, 0) is 20.2 Å². The van der Waals surface area contributed by atoms with Crippen LogP contribution in [0.1, 0.15) is 17.2 Å². The minimum Gasteiger partial charge on any atom is -0.507 e. The third-order valence-electron chi connectivity index (χ3n) is 4.58. The number of halogens is 1. The highest BCUT2D eigenvalue weighted by molar-refractivity contribution is 6.46. The van der Waals surface area contributed by atoms with Gasteiger partial charge in [-0.2, -0.15) is 0 Å². The molecule has 0 spiro atoms. The van der Waals surface area contributed by atoms with E-state index in [4.69, 9.17) is 0 Å². The molecule has 1 aliphatic heterocycles. The molecule has 3 rings (SSSR count). The molecular weight excluding hydrogens is 347 g/mol. The summed E-state index contributed by atoms with van der Waals surface area (Å²) in [5, 5.41) is 10.8. The summed E-state index contributed by atoms with van der Waals surface area (Å²) >= 11 is 0. The topological polar surface area (TPSA) is 60.9 Å². The van der Waals surface area contributed by atoms with E-state index in [1.54, 1.807) is 42.5 Å². The first-order valence-electron chi connectivity index (χ1n) is 8.64. The number of likely N-dealkylation sites (tertiary alicyclic amines) is 1. The Kier molecular flexibility index (Phi) is 5.37. The summed E-state index contributed by atoms with van der Waals surface area (Å²) in [6.45, 7) is 0.742. The number of amides is 1. The van der Waals surface area contributed by atoms with Crippen molar-refractivity contribution >= 4 is 17.4 Å². The Bertz CT molecular complexity index is 893. The number of likely N-dealkylation sites (N-methyl/N-ethyl adjacent to an activating group) is 1. The predicted octanol–water partition coefficient (Wildman–Crippen LogP) is 2.81. The van der Waals surface area contributed by atoms with E-state index >= 15 is 0 Å². The van der Waals surface area contributed by atoms with Crippen molar-refractivity contribution in [2.24, 2.45) is 0 Å². The number of benzene rings is 2. The van der Waals surface area contributed by atoms with Gasteiger partial charge in [-0.1, -0.05) is 48.5 Å². The summed E-state index contributed by atoms with van der Waals surface area (Å²) in [7, 11) is 3.69. The van der Waals surface area contributed by atoms with Crippen LogP contribution in [0.3, 0.4) is 0 Å². The van der Waals surface area contributed by atoms with E-state index in [0.717, 1.165) is 0 Å². The van der Waals surface area contributed by atoms with Crippen molar-refractivity contribution in [1.82, 2.24) is 9.80 Å². The number of nitrogens with zero attached hydrogens (tertiary/aromatic N) is 2. The summed E-state index contributed by atoms with van der Waals surface area (Å²) in [5.74, 6) is -2.36. The first kappa shape index (κ1) is 18.8. The van der Waals surface area contributed by atoms with Crippen LogP contribution in [0.4, 0.5) is 4.39 Å². The van der Waals surface area contributed by atoms with Gasteiger partial charge in [-0.3, -0.25) is 9.59 Å². The second-order valence-corrected chi connectivity index (χ2v) is 6.68. The smallest absolute Gasteiger partial charge is 0.295 e.